The van der Waals surface area contributed by atoms with Gasteiger partial charge in [-0.05, 0) is 42.8 Å². The topological polar surface area (TPSA) is 51.8 Å². The molecule has 3 rings (SSSR count). The van der Waals surface area contributed by atoms with Crippen LogP contribution in [0.25, 0.3) is 10.9 Å². The van der Waals surface area contributed by atoms with Gasteiger partial charge in [0.05, 0.1) is 17.3 Å². The highest BCUT2D eigenvalue weighted by molar-refractivity contribution is 5.79. The van der Waals surface area contributed by atoms with Gasteiger partial charge in [-0.1, -0.05) is 18.2 Å². The summed E-state index contributed by atoms with van der Waals surface area (Å²) < 4.78 is 0. The van der Waals surface area contributed by atoms with Crippen molar-refractivity contribution in [3.8, 4) is 0 Å². The Kier molecular flexibility index (Phi) is 2.97. The van der Waals surface area contributed by atoms with Crippen LogP contribution in [0.1, 0.15) is 23.0 Å². The van der Waals surface area contributed by atoms with Crippen LogP contribution in [0.15, 0.2) is 54.7 Å². The van der Waals surface area contributed by atoms with E-state index in [9.17, 15) is 0 Å². The van der Waals surface area contributed by atoms with Gasteiger partial charge in [0.1, 0.15) is 0 Å². The lowest BCUT2D eigenvalue weighted by Crippen LogP contribution is -2.13. The largest absolute Gasteiger partial charge is 0.319 e. The van der Waals surface area contributed by atoms with E-state index in [1.807, 2.05) is 43.3 Å². The SMILES string of the molecule is Cc1ccc2cc(C(N)c3ccccn3)ccc2n1. The first-order valence-electron chi connectivity index (χ1n) is 6.28. The molecule has 0 amide bonds. The summed E-state index contributed by atoms with van der Waals surface area (Å²) in [5.74, 6) is 0. The number of nitrogens with zero attached hydrogens (tertiary/aromatic N) is 2. The molecule has 0 saturated carbocycles. The van der Waals surface area contributed by atoms with Crippen molar-refractivity contribution in [3.63, 3.8) is 0 Å². The molecule has 3 nitrogen and oxygen atoms in total. The van der Waals surface area contributed by atoms with E-state index in [0.717, 1.165) is 27.9 Å². The average Bonchev–Trinajstić information content (AvgIpc) is 2.47. The van der Waals surface area contributed by atoms with Gasteiger partial charge in [-0.3, -0.25) is 9.97 Å². The van der Waals surface area contributed by atoms with Gasteiger partial charge in [-0.15, -0.1) is 0 Å². The minimum Gasteiger partial charge on any atom is -0.319 e. The van der Waals surface area contributed by atoms with Gasteiger partial charge in [0.2, 0.25) is 0 Å². The molecule has 0 aliphatic heterocycles. The number of nitrogens with two attached hydrogens (primary N) is 1. The van der Waals surface area contributed by atoms with Crippen molar-refractivity contribution in [2.45, 2.75) is 13.0 Å². The molecule has 2 aromatic heterocycles. The summed E-state index contributed by atoms with van der Waals surface area (Å²) in [6.45, 7) is 1.99. The van der Waals surface area contributed by atoms with Gasteiger partial charge < -0.3 is 5.73 Å². The van der Waals surface area contributed by atoms with Gasteiger partial charge in [-0.2, -0.15) is 0 Å². The van der Waals surface area contributed by atoms with Crippen LogP contribution in [0.5, 0.6) is 0 Å². The molecule has 2 N–H and O–H groups in total. The quantitative estimate of drug-likeness (QED) is 0.759. The second-order valence-corrected chi connectivity index (χ2v) is 4.64. The van der Waals surface area contributed by atoms with Crippen molar-refractivity contribution in [2.24, 2.45) is 5.73 Å². The fraction of sp³-hybridized carbons (Fsp3) is 0.125. The first-order chi connectivity index (χ1) is 9.24. The smallest absolute Gasteiger partial charge is 0.0726 e. The van der Waals surface area contributed by atoms with E-state index in [2.05, 4.69) is 22.1 Å². The maximum Gasteiger partial charge on any atom is 0.0726 e. The second-order valence-electron chi connectivity index (χ2n) is 4.64. The zero-order valence-corrected chi connectivity index (χ0v) is 10.7. The standard InChI is InChI=1S/C16H15N3/c1-11-5-6-12-10-13(7-8-14(12)19-11)16(17)15-4-2-3-9-18-15/h2-10,16H,17H2,1H3. The number of rotatable bonds is 2. The van der Waals surface area contributed by atoms with E-state index >= 15 is 0 Å². The van der Waals surface area contributed by atoms with E-state index in [1.54, 1.807) is 6.20 Å². The lowest BCUT2D eigenvalue weighted by molar-refractivity contribution is 0.830. The molecule has 19 heavy (non-hydrogen) atoms. The van der Waals surface area contributed by atoms with Crippen molar-refractivity contribution in [3.05, 3.63) is 71.7 Å². The van der Waals surface area contributed by atoms with Crippen LogP contribution in [0.3, 0.4) is 0 Å². The van der Waals surface area contributed by atoms with Crippen LogP contribution in [-0.4, -0.2) is 9.97 Å². The molecule has 3 aromatic rings. The van der Waals surface area contributed by atoms with Crippen LogP contribution in [0.4, 0.5) is 0 Å². The minimum atomic E-state index is -0.202. The van der Waals surface area contributed by atoms with Gasteiger partial charge in [0.25, 0.3) is 0 Å². The zero-order valence-electron chi connectivity index (χ0n) is 10.7. The molecule has 3 heteroatoms. The number of pyridine rings is 2. The monoisotopic (exact) mass is 249 g/mol. The van der Waals surface area contributed by atoms with Crippen LogP contribution in [0.2, 0.25) is 0 Å². The highest BCUT2D eigenvalue weighted by Gasteiger charge is 2.10. The third kappa shape index (κ3) is 2.33. The molecule has 0 saturated heterocycles. The van der Waals surface area contributed by atoms with E-state index in [-0.39, 0.29) is 6.04 Å². The molecule has 0 radical (unpaired) electrons. The molecule has 0 aliphatic carbocycles. The second kappa shape index (κ2) is 4.78. The maximum absolute atomic E-state index is 6.25. The third-order valence-corrected chi connectivity index (χ3v) is 3.22. The Hall–Kier alpha value is -2.26. The summed E-state index contributed by atoms with van der Waals surface area (Å²) in [7, 11) is 0. The van der Waals surface area contributed by atoms with Gasteiger partial charge in [0, 0.05) is 17.3 Å². The number of hydrogen-bond acceptors (Lipinski definition) is 3. The Balaban J connectivity index is 2.04. The summed E-state index contributed by atoms with van der Waals surface area (Å²) in [5.41, 5.74) is 10.2. The minimum absolute atomic E-state index is 0.202. The van der Waals surface area contributed by atoms with E-state index in [4.69, 9.17) is 5.73 Å². The van der Waals surface area contributed by atoms with Crippen molar-refractivity contribution in [1.29, 1.82) is 0 Å². The molecule has 1 unspecified atom stereocenters. The highest BCUT2D eigenvalue weighted by Crippen LogP contribution is 2.22. The highest BCUT2D eigenvalue weighted by atomic mass is 14.8. The fourth-order valence-corrected chi connectivity index (χ4v) is 2.17. The maximum atomic E-state index is 6.25. The van der Waals surface area contributed by atoms with E-state index in [1.165, 1.54) is 0 Å². The molecule has 2 heterocycles. The van der Waals surface area contributed by atoms with Crippen molar-refractivity contribution in [2.75, 3.05) is 0 Å². The zero-order chi connectivity index (χ0) is 13.2. The van der Waals surface area contributed by atoms with Crippen LogP contribution in [-0.2, 0) is 0 Å². The first kappa shape index (κ1) is 11.8. The lowest BCUT2D eigenvalue weighted by Gasteiger charge is -2.12. The summed E-state index contributed by atoms with van der Waals surface area (Å²) in [4.78, 5) is 8.80. The van der Waals surface area contributed by atoms with E-state index < -0.39 is 0 Å². The average molecular weight is 249 g/mol. The van der Waals surface area contributed by atoms with Crippen molar-refractivity contribution in [1.82, 2.24) is 9.97 Å². The molecule has 0 aliphatic rings. The number of fused-ring (bicyclic) bond motifs is 1. The first-order valence-corrected chi connectivity index (χ1v) is 6.28. The van der Waals surface area contributed by atoms with Crippen LogP contribution < -0.4 is 5.73 Å². The predicted molar refractivity (Wildman–Crippen MR) is 76.7 cm³/mol. The molecular weight excluding hydrogens is 234 g/mol. The summed E-state index contributed by atoms with van der Waals surface area (Å²) in [6.07, 6.45) is 1.77. The predicted octanol–water partition coefficient (Wildman–Crippen LogP) is 2.99. The Morgan fingerprint density at radius 3 is 2.74 bits per heavy atom. The molecule has 0 spiro atoms. The molecule has 0 bridgehead atoms. The summed E-state index contributed by atoms with van der Waals surface area (Å²) in [5, 5.41) is 1.11. The molecule has 1 aromatic carbocycles. The fourth-order valence-electron chi connectivity index (χ4n) is 2.17. The molecule has 0 fully saturated rings. The molecule has 94 valence electrons. The van der Waals surface area contributed by atoms with Crippen molar-refractivity contribution < 1.29 is 0 Å². The Morgan fingerprint density at radius 1 is 1.05 bits per heavy atom. The number of aromatic nitrogens is 2. The third-order valence-electron chi connectivity index (χ3n) is 3.22. The Bertz CT molecular complexity index is 708. The van der Waals surface area contributed by atoms with Crippen molar-refractivity contribution >= 4 is 10.9 Å². The van der Waals surface area contributed by atoms with Crippen LogP contribution in [0, 0.1) is 6.92 Å². The number of aryl methyl sites for hydroxylation is 1. The van der Waals surface area contributed by atoms with Crippen LogP contribution >= 0.6 is 0 Å². The number of benzene rings is 1. The van der Waals surface area contributed by atoms with Gasteiger partial charge in [0.15, 0.2) is 0 Å². The Labute approximate surface area is 112 Å². The molecule has 1 atom stereocenters. The van der Waals surface area contributed by atoms with Gasteiger partial charge in [-0.25, -0.2) is 0 Å². The summed E-state index contributed by atoms with van der Waals surface area (Å²) >= 11 is 0. The molecular formula is C16H15N3. The summed E-state index contributed by atoms with van der Waals surface area (Å²) in [6, 6.07) is 15.8. The Morgan fingerprint density at radius 2 is 1.95 bits per heavy atom. The normalized spacial score (nSPS) is 12.5. The lowest BCUT2D eigenvalue weighted by atomic mass is 10.0. The van der Waals surface area contributed by atoms with E-state index in [0.29, 0.717) is 0 Å². The number of hydrogen-bond donors (Lipinski definition) is 1. The van der Waals surface area contributed by atoms with Gasteiger partial charge >= 0.3 is 0 Å².